The van der Waals surface area contributed by atoms with Crippen molar-refractivity contribution in [2.45, 2.75) is 147 Å². The van der Waals surface area contributed by atoms with E-state index in [9.17, 15) is 58.5 Å². The van der Waals surface area contributed by atoms with Gasteiger partial charge in [0.2, 0.25) is 47.3 Å². The molecule has 0 aliphatic carbocycles. The molecule has 14 N–H and O–H groups in total. The first kappa shape index (κ1) is 49.1. The van der Waals surface area contributed by atoms with Gasteiger partial charge in [0.15, 0.2) is 0 Å². The maximum absolute atomic E-state index is 13.7. The van der Waals surface area contributed by atoms with Crippen molar-refractivity contribution in [1.29, 1.82) is 0 Å². The van der Waals surface area contributed by atoms with Gasteiger partial charge in [-0.2, -0.15) is 0 Å². The second-order valence-electron chi connectivity index (χ2n) is 14.6. The highest BCUT2D eigenvalue weighted by molar-refractivity contribution is 5.97. The fourth-order valence-electron chi connectivity index (χ4n) is 5.77. The fourth-order valence-corrected chi connectivity index (χ4v) is 5.77. The summed E-state index contributed by atoms with van der Waals surface area (Å²) in [4.78, 5) is 115. The van der Waals surface area contributed by atoms with Crippen LogP contribution >= 0.6 is 0 Å². The SMILES string of the molecule is CC[C@H](C)[C@H](NC(=O)[C@H](CCC(N)=O)NC(=O)[C@@H]1CCCN1)C(=O)N[C@H](C(=O)N[C@@H](CC(C)C)C(=O)N[C@H](C(=O)N[C@@H](CCC(N)=O)C(=O)O)[C@@H](C)O)[C@@H](C)O. The molecule has 8 amide bonds. The molecule has 0 bridgehead atoms. The third kappa shape index (κ3) is 16.9. The van der Waals surface area contributed by atoms with Gasteiger partial charge in [0.25, 0.3) is 0 Å². The highest BCUT2D eigenvalue weighted by Crippen LogP contribution is 2.13. The van der Waals surface area contributed by atoms with Crippen molar-refractivity contribution >= 4 is 53.2 Å². The van der Waals surface area contributed by atoms with Crippen LogP contribution in [0.1, 0.15) is 92.9 Å². The topological polar surface area (TPSA) is 351 Å². The van der Waals surface area contributed by atoms with Crippen LogP contribution in [0.5, 0.6) is 0 Å². The Morgan fingerprint density at radius 2 is 1.09 bits per heavy atom. The van der Waals surface area contributed by atoms with E-state index in [0.717, 1.165) is 13.3 Å². The lowest BCUT2D eigenvalue weighted by molar-refractivity contribution is -0.143. The Balaban J connectivity index is 3.23. The molecular formula is C35H61N9O12. The molecular weight excluding hydrogens is 738 g/mol. The summed E-state index contributed by atoms with van der Waals surface area (Å²) in [7, 11) is 0. The summed E-state index contributed by atoms with van der Waals surface area (Å²) in [5.41, 5.74) is 10.4. The van der Waals surface area contributed by atoms with Crippen molar-refractivity contribution in [3.63, 3.8) is 0 Å². The maximum atomic E-state index is 13.7. The zero-order valence-corrected chi connectivity index (χ0v) is 32.9. The van der Waals surface area contributed by atoms with E-state index in [2.05, 4.69) is 37.2 Å². The summed E-state index contributed by atoms with van der Waals surface area (Å²) in [6, 6.07) is -9.43. The first-order valence-corrected chi connectivity index (χ1v) is 18.8. The van der Waals surface area contributed by atoms with Crippen LogP contribution in [0.3, 0.4) is 0 Å². The lowest BCUT2D eigenvalue weighted by Gasteiger charge is -2.30. The number of carboxylic acids is 1. The van der Waals surface area contributed by atoms with E-state index < -0.39 is 114 Å². The number of rotatable bonds is 25. The molecule has 0 aromatic carbocycles. The van der Waals surface area contributed by atoms with Gasteiger partial charge in [0, 0.05) is 12.8 Å². The Labute approximate surface area is 326 Å². The number of carbonyl (C=O) groups is 9. The average Bonchev–Trinajstić information content (AvgIpc) is 3.65. The molecule has 1 fully saturated rings. The quantitative estimate of drug-likeness (QED) is 0.0421. The third-order valence-corrected chi connectivity index (χ3v) is 9.24. The minimum Gasteiger partial charge on any atom is -0.480 e. The number of aliphatic hydroxyl groups excluding tert-OH is 2. The van der Waals surface area contributed by atoms with E-state index in [1.165, 1.54) is 6.92 Å². The molecule has 0 spiro atoms. The molecule has 318 valence electrons. The molecule has 1 aliphatic rings. The van der Waals surface area contributed by atoms with E-state index in [0.29, 0.717) is 19.4 Å². The Bertz CT molecular complexity index is 1400. The monoisotopic (exact) mass is 799 g/mol. The normalized spacial score (nSPS) is 18.7. The molecule has 0 saturated carbocycles. The van der Waals surface area contributed by atoms with Crippen LogP contribution in [-0.4, -0.2) is 130 Å². The zero-order valence-electron chi connectivity index (χ0n) is 32.9. The molecule has 21 nitrogen and oxygen atoms in total. The van der Waals surface area contributed by atoms with E-state index in [1.54, 1.807) is 27.7 Å². The number of carboxylic acid groups (broad SMARTS) is 1. The van der Waals surface area contributed by atoms with Crippen molar-refractivity contribution in [2.75, 3.05) is 6.54 Å². The molecule has 10 atom stereocenters. The number of carbonyl (C=O) groups excluding carboxylic acids is 8. The summed E-state index contributed by atoms with van der Waals surface area (Å²) in [5.74, 6) is -9.02. The van der Waals surface area contributed by atoms with E-state index in [-0.39, 0.29) is 38.0 Å². The van der Waals surface area contributed by atoms with E-state index >= 15 is 0 Å². The Morgan fingerprint density at radius 1 is 0.643 bits per heavy atom. The molecule has 56 heavy (non-hydrogen) atoms. The van der Waals surface area contributed by atoms with Crippen molar-refractivity contribution in [2.24, 2.45) is 23.3 Å². The molecule has 0 aromatic rings. The van der Waals surface area contributed by atoms with Crippen LogP contribution in [0, 0.1) is 11.8 Å². The molecule has 1 heterocycles. The fraction of sp³-hybridized carbons (Fsp3) is 0.743. The van der Waals surface area contributed by atoms with Crippen LogP contribution < -0.4 is 48.7 Å². The first-order chi connectivity index (χ1) is 26.1. The molecule has 0 radical (unpaired) electrons. The zero-order chi connectivity index (χ0) is 42.9. The van der Waals surface area contributed by atoms with Crippen molar-refractivity contribution < 1.29 is 58.5 Å². The van der Waals surface area contributed by atoms with Crippen molar-refractivity contribution in [3.05, 3.63) is 0 Å². The van der Waals surface area contributed by atoms with Crippen molar-refractivity contribution in [1.82, 2.24) is 37.2 Å². The van der Waals surface area contributed by atoms with Gasteiger partial charge in [-0.1, -0.05) is 34.1 Å². The first-order valence-electron chi connectivity index (χ1n) is 18.8. The summed E-state index contributed by atoms with van der Waals surface area (Å²) in [6.07, 6.45) is -2.59. The number of hydrogen-bond acceptors (Lipinski definition) is 12. The minimum atomic E-state index is -1.71. The number of nitrogens with one attached hydrogen (secondary N) is 7. The van der Waals surface area contributed by atoms with Gasteiger partial charge in [-0.3, -0.25) is 38.4 Å². The van der Waals surface area contributed by atoms with Crippen LogP contribution in [0.4, 0.5) is 0 Å². The number of hydrogen-bond donors (Lipinski definition) is 12. The number of aliphatic carboxylic acids is 1. The molecule has 1 saturated heterocycles. The Hall–Kier alpha value is -4.89. The lowest BCUT2D eigenvalue weighted by atomic mass is 9.96. The number of primary amides is 2. The van der Waals surface area contributed by atoms with Gasteiger partial charge in [0.05, 0.1) is 18.2 Å². The van der Waals surface area contributed by atoms with Crippen LogP contribution in [-0.2, 0) is 43.2 Å². The highest BCUT2D eigenvalue weighted by Gasteiger charge is 2.37. The maximum Gasteiger partial charge on any atom is 0.326 e. The van der Waals surface area contributed by atoms with Gasteiger partial charge in [-0.15, -0.1) is 0 Å². The Morgan fingerprint density at radius 3 is 1.52 bits per heavy atom. The molecule has 1 rings (SSSR count). The second kappa shape index (κ2) is 23.9. The summed E-state index contributed by atoms with van der Waals surface area (Å²) in [6.45, 7) is 9.81. The third-order valence-electron chi connectivity index (χ3n) is 9.24. The highest BCUT2D eigenvalue weighted by atomic mass is 16.4. The number of amides is 8. The molecule has 0 aromatic heterocycles. The van der Waals surface area contributed by atoms with Gasteiger partial charge < -0.3 is 64.0 Å². The summed E-state index contributed by atoms with van der Waals surface area (Å²) >= 11 is 0. The standard InChI is InChI=1S/C35H61N9O12/c1-7-17(4)26(42-30(50)21(10-12-24(36)47)39-29(49)20-9-8-14-38-20)32(52)44-28(19(6)46)34(54)41-23(15-16(2)3)31(51)43-27(18(5)45)33(53)40-22(35(55)56)11-13-25(37)48/h16-23,26-28,38,45-46H,7-15H2,1-6H3,(H2,36,47)(H2,37,48)(H,39,49)(H,40,53)(H,41,54)(H,42,50)(H,43,51)(H,44,52)(H,55,56)/t17-,18+,19+,20-,21-,22-,23-,26-,27-,28-/m0/s1. The number of nitrogens with two attached hydrogens (primary N) is 2. The smallest absolute Gasteiger partial charge is 0.326 e. The van der Waals surface area contributed by atoms with Gasteiger partial charge in [-0.05, 0) is 64.3 Å². The van der Waals surface area contributed by atoms with Crippen LogP contribution in [0.2, 0.25) is 0 Å². The number of aliphatic hydroxyl groups is 2. The van der Waals surface area contributed by atoms with Crippen LogP contribution in [0.25, 0.3) is 0 Å². The molecule has 0 unspecified atom stereocenters. The lowest BCUT2D eigenvalue weighted by Crippen LogP contribution is -2.63. The second-order valence-corrected chi connectivity index (χ2v) is 14.6. The van der Waals surface area contributed by atoms with E-state index in [1.807, 2.05) is 0 Å². The predicted molar refractivity (Wildman–Crippen MR) is 199 cm³/mol. The minimum absolute atomic E-state index is 0.0249. The summed E-state index contributed by atoms with van der Waals surface area (Å²) < 4.78 is 0. The van der Waals surface area contributed by atoms with Crippen molar-refractivity contribution in [3.8, 4) is 0 Å². The average molecular weight is 800 g/mol. The van der Waals surface area contributed by atoms with Gasteiger partial charge in [-0.25, -0.2) is 4.79 Å². The summed E-state index contributed by atoms with van der Waals surface area (Å²) in [5, 5.41) is 48.0. The Kier molecular flexibility index (Phi) is 21.0. The van der Waals surface area contributed by atoms with Gasteiger partial charge in [0.1, 0.15) is 36.3 Å². The predicted octanol–water partition coefficient (Wildman–Crippen LogP) is -3.88. The van der Waals surface area contributed by atoms with Crippen LogP contribution in [0.15, 0.2) is 0 Å². The molecule has 1 aliphatic heterocycles. The van der Waals surface area contributed by atoms with Gasteiger partial charge >= 0.3 is 5.97 Å². The van der Waals surface area contributed by atoms with E-state index in [4.69, 9.17) is 11.5 Å². The largest absolute Gasteiger partial charge is 0.480 e. The molecule has 21 heteroatoms.